The monoisotopic (exact) mass is 255 g/mol. The van der Waals surface area contributed by atoms with E-state index in [9.17, 15) is 4.79 Å². The van der Waals surface area contributed by atoms with Crippen LogP contribution in [0.4, 0.5) is 5.82 Å². The number of nitrogens with one attached hydrogen (secondary N) is 1. The van der Waals surface area contributed by atoms with E-state index in [1.54, 1.807) is 6.07 Å². The molecular weight excluding hydrogens is 238 g/mol. The lowest BCUT2D eigenvalue weighted by atomic mass is 10.3. The number of aromatic nitrogens is 2. The number of nitrogens with zero attached hydrogens (tertiary/aromatic N) is 2. The molecule has 18 heavy (non-hydrogen) atoms. The van der Waals surface area contributed by atoms with Gasteiger partial charge in [0.15, 0.2) is 6.10 Å². The number of carbonyl (C=O) groups is 1. The average molecular weight is 255 g/mol. The molecule has 7 nitrogen and oxygen atoms in total. The zero-order valence-electron chi connectivity index (χ0n) is 10.4. The third kappa shape index (κ3) is 4.54. The number of carboxylic acids is 1. The molecule has 1 aromatic heterocycles. The van der Waals surface area contributed by atoms with Crippen molar-refractivity contribution in [3.8, 4) is 5.88 Å². The van der Waals surface area contributed by atoms with Crippen LogP contribution in [-0.2, 0) is 9.53 Å². The molecule has 1 aromatic rings. The number of hydrogen-bond acceptors (Lipinski definition) is 6. The van der Waals surface area contributed by atoms with Crippen LogP contribution in [0.5, 0.6) is 5.88 Å². The van der Waals surface area contributed by atoms with Crippen molar-refractivity contribution in [2.45, 2.75) is 19.4 Å². The summed E-state index contributed by atoms with van der Waals surface area (Å²) >= 11 is 0. The van der Waals surface area contributed by atoms with E-state index < -0.39 is 12.1 Å². The molecular formula is C11H17N3O4. The smallest absolute Gasteiger partial charge is 0.334 e. The van der Waals surface area contributed by atoms with Crippen LogP contribution < -0.4 is 10.1 Å². The molecule has 0 aliphatic heterocycles. The molecule has 0 saturated carbocycles. The standard InChI is InChI=1S/C11H17N3O4/c1-3-4-18-10-5-9(13-7-14-10)12-6-8(17-2)11(15)16/h5,7-8H,3-4,6H2,1-2H3,(H,15,16)(H,12,13,14). The summed E-state index contributed by atoms with van der Waals surface area (Å²) in [6, 6.07) is 1.62. The lowest BCUT2D eigenvalue weighted by Crippen LogP contribution is -2.30. The molecule has 0 fully saturated rings. The van der Waals surface area contributed by atoms with Gasteiger partial charge in [-0.25, -0.2) is 14.8 Å². The summed E-state index contributed by atoms with van der Waals surface area (Å²) in [4.78, 5) is 18.6. The maximum absolute atomic E-state index is 10.7. The van der Waals surface area contributed by atoms with Gasteiger partial charge in [-0.2, -0.15) is 0 Å². The summed E-state index contributed by atoms with van der Waals surface area (Å²) in [5.41, 5.74) is 0. The highest BCUT2D eigenvalue weighted by atomic mass is 16.5. The first-order valence-electron chi connectivity index (χ1n) is 5.61. The number of rotatable bonds is 8. The fraction of sp³-hybridized carbons (Fsp3) is 0.545. The predicted molar refractivity (Wildman–Crippen MR) is 64.7 cm³/mol. The van der Waals surface area contributed by atoms with Crippen LogP contribution in [0.25, 0.3) is 0 Å². The Balaban J connectivity index is 2.53. The van der Waals surface area contributed by atoms with Crippen molar-refractivity contribution < 1.29 is 19.4 Å². The van der Waals surface area contributed by atoms with E-state index in [0.717, 1.165) is 6.42 Å². The minimum atomic E-state index is -1.03. The highest BCUT2D eigenvalue weighted by molar-refractivity contribution is 5.73. The number of hydrogen-bond donors (Lipinski definition) is 2. The van der Waals surface area contributed by atoms with Crippen LogP contribution in [-0.4, -0.2) is 47.4 Å². The third-order valence-electron chi connectivity index (χ3n) is 2.12. The first-order chi connectivity index (χ1) is 8.67. The van der Waals surface area contributed by atoms with Gasteiger partial charge >= 0.3 is 5.97 Å². The van der Waals surface area contributed by atoms with Crippen molar-refractivity contribution in [3.63, 3.8) is 0 Å². The van der Waals surface area contributed by atoms with E-state index in [1.165, 1.54) is 13.4 Å². The van der Waals surface area contributed by atoms with Crippen molar-refractivity contribution in [2.24, 2.45) is 0 Å². The number of carboxylic acid groups (broad SMARTS) is 1. The van der Waals surface area contributed by atoms with Crippen molar-refractivity contribution in [1.29, 1.82) is 0 Å². The molecule has 1 rings (SSSR count). The first kappa shape index (κ1) is 14.2. The molecule has 7 heteroatoms. The second-order valence-electron chi connectivity index (χ2n) is 3.53. The summed E-state index contributed by atoms with van der Waals surface area (Å²) in [6.07, 6.45) is 1.33. The van der Waals surface area contributed by atoms with Gasteiger partial charge in [0, 0.05) is 13.2 Å². The van der Waals surface area contributed by atoms with Crippen molar-refractivity contribution >= 4 is 11.8 Å². The van der Waals surface area contributed by atoms with Crippen molar-refractivity contribution in [2.75, 3.05) is 25.6 Å². The minimum Gasteiger partial charge on any atom is -0.479 e. The number of aliphatic carboxylic acids is 1. The Kier molecular flexibility index (Phi) is 5.86. The van der Waals surface area contributed by atoms with Crippen molar-refractivity contribution in [1.82, 2.24) is 9.97 Å². The van der Waals surface area contributed by atoms with E-state index in [1.807, 2.05) is 6.92 Å². The lowest BCUT2D eigenvalue weighted by molar-refractivity contribution is -0.147. The maximum atomic E-state index is 10.7. The Labute approximate surface area is 105 Å². The molecule has 1 unspecified atom stereocenters. The van der Waals surface area contributed by atoms with Gasteiger partial charge in [-0.3, -0.25) is 0 Å². The molecule has 0 aliphatic rings. The summed E-state index contributed by atoms with van der Waals surface area (Å²) in [5, 5.41) is 11.7. The fourth-order valence-electron chi connectivity index (χ4n) is 1.19. The van der Waals surface area contributed by atoms with Crippen LogP contribution in [0.15, 0.2) is 12.4 Å². The van der Waals surface area contributed by atoms with E-state index in [2.05, 4.69) is 15.3 Å². The summed E-state index contributed by atoms with van der Waals surface area (Å²) < 4.78 is 10.1. The first-order valence-corrected chi connectivity index (χ1v) is 5.61. The van der Waals surface area contributed by atoms with Gasteiger partial charge < -0.3 is 19.9 Å². The van der Waals surface area contributed by atoms with Gasteiger partial charge in [-0.05, 0) is 6.42 Å². The molecule has 0 aromatic carbocycles. The van der Waals surface area contributed by atoms with E-state index in [0.29, 0.717) is 18.3 Å². The van der Waals surface area contributed by atoms with E-state index in [-0.39, 0.29) is 6.54 Å². The van der Waals surface area contributed by atoms with Crippen LogP contribution in [0.2, 0.25) is 0 Å². The highest BCUT2D eigenvalue weighted by Gasteiger charge is 2.15. The average Bonchev–Trinajstić information content (AvgIpc) is 2.37. The number of anilines is 1. The molecule has 2 N–H and O–H groups in total. The molecule has 0 radical (unpaired) electrons. The third-order valence-corrected chi connectivity index (χ3v) is 2.12. The fourth-order valence-corrected chi connectivity index (χ4v) is 1.19. The van der Waals surface area contributed by atoms with E-state index in [4.69, 9.17) is 14.6 Å². The Morgan fingerprint density at radius 2 is 2.33 bits per heavy atom. The number of ether oxygens (including phenoxy) is 2. The van der Waals surface area contributed by atoms with Gasteiger partial charge in [-0.1, -0.05) is 6.92 Å². The van der Waals surface area contributed by atoms with Gasteiger partial charge in [0.1, 0.15) is 12.1 Å². The molecule has 0 aliphatic carbocycles. The van der Waals surface area contributed by atoms with Gasteiger partial charge in [0.05, 0.1) is 13.2 Å². The van der Waals surface area contributed by atoms with Gasteiger partial charge in [0.2, 0.25) is 5.88 Å². The Bertz CT molecular complexity index is 386. The summed E-state index contributed by atoms with van der Waals surface area (Å²) in [5.74, 6) is -0.0699. The molecule has 0 bridgehead atoms. The molecule has 0 amide bonds. The molecule has 1 heterocycles. The summed E-state index contributed by atoms with van der Waals surface area (Å²) in [7, 11) is 1.34. The van der Waals surface area contributed by atoms with Crippen LogP contribution in [0.3, 0.4) is 0 Å². The normalized spacial score (nSPS) is 11.9. The SMILES string of the molecule is CCCOc1cc(NCC(OC)C(=O)O)ncn1. The Morgan fingerprint density at radius 1 is 1.56 bits per heavy atom. The largest absolute Gasteiger partial charge is 0.479 e. The maximum Gasteiger partial charge on any atom is 0.334 e. The van der Waals surface area contributed by atoms with Crippen LogP contribution in [0, 0.1) is 0 Å². The minimum absolute atomic E-state index is 0.121. The number of methoxy groups -OCH3 is 1. The van der Waals surface area contributed by atoms with Gasteiger partial charge in [-0.15, -0.1) is 0 Å². The Hall–Kier alpha value is -1.89. The summed E-state index contributed by atoms with van der Waals surface area (Å²) in [6.45, 7) is 2.69. The zero-order chi connectivity index (χ0) is 13.4. The van der Waals surface area contributed by atoms with E-state index >= 15 is 0 Å². The quantitative estimate of drug-likeness (QED) is 0.708. The lowest BCUT2D eigenvalue weighted by Gasteiger charge is -2.12. The zero-order valence-corrected chi connectivity index (χ0v) is 10.4. The van der Waals surface area contributed by atoms with Gasteiger partial charge in [0.25, 0.3) is 0 Å². The second kappa shape index (κ2) is 7.44. The van der Waals surface area contributed by atoms with Crippen LogP contribution in [0.1, 0.15) is 13.3 Å². The predicted octanol–water partition coefficient (Wildman–Crippen LogP) is 0.777. The topological polar surface area (TPSA) is 93.6 Å². The van der Waals surface area contributed by atoms with Crippen LogP contribution >= 0.6 is 0 Å². The molecule has 0 spiro atoms. The molecule has 1 atom stereocenters. The molecule has 0 saturated heterocycles. The highest BCUT2D eigenvalue weighted by Crippen LogP contribution is 2.11. The Morgan fingerprint density at radius 3 is 2.94 bits per heavy atom. The van der Waals surface area contributed by atoms with Crippen molar-refractivity contribution in [3.05, 3.63) is 12.4 Å². The molecule has 100 valence electrons. The second-order valence-corrected chi connectivity index (χ2v) is 3.53.